The van der Waals surface area contributed by atoms with E-state index < -0.39 is 5.41 Å². The highest BCUT2D eigenvalue weighted by molar-refractivity contribution is 6.10. The van der Waals surface area contributed by atoms with Crippen LogP contribution in [0.4, 0.5) is 17.1 Å². The fraction of sp³-hybridized carbons (Fsp3) is 0.0137. The van der Waals surface area contributed by atoms with E-state index in [1.165, 1.54) is 71.9 Å². The van der Waals surface area contributed by atoms with E-state index in [1.807, 2.05) is 0 Å². The van der Waals surface area contributed by atoms with Crippen molar-refractivity contribution in [2.75, 3.05) is 4.90 Å². The number of rotatable bonds is 8. The third kappa shape index (κ3) is 6.69. The van der Waals surface area contributed by atoms with Crippen LogP contribution in [0, 0.1) is 0 Å². The molecule has 76 heavy (non-hydrogen) atoms. The minimum absolute atomic E-state index is 0.627. The Labute approximate surface area is 442 Å². The molecule has 0 radical (unpaired) electrons. The molecule has 1 aliphatic carbocycles. The maximum absolute atomic E-state index is 6.76. The SMILES string of the molecule is c1ccc(-c2ccccc2-c2ccccc2-c2ccccc2N(c2ccc(-c3ccc4c(c3)c3ccccc3n4-c3ccccc3)cc2)c2ccc3c(c2)C2(c4ccccc4Oc4ccccc42)c2ccccc2-3)cc1. The number of nitrogens with zero attached hydrogens (tertiary/aromatic N) is 2. The molecule has 0 bridgehead atoms. The van der Waals surface area contributed by atoms with E-state index in [4.69, 9.17) is 4.74 Å². The molecule has 13 aromatic rings. The van der Waals surface area contributed by atoms with E-state index in [0.717, 1.165) is 62.1 Å². The van der Waals surface area contributed by atoms with Gasteiger partial charge in [-0.15, -0.1) is 0 Å². The molecule has 1 spiro atoms. The Morgan fingerprint density at radius 3 is 1.51 bits per heavy atom. The highest BCUT2D eigenvalue weighted by Gasteiger charge is 2.51. The van der Waals surface area contributed by atoms with Crippen molar-refractivity contribution < 1.29 is 4.74 Å². The lowest BCUT2D eigenvalue weighted by atomic mass is 9.66. The maximum Gasteiger partial charge on any atom is 0.132 e. The smallest absolute Gasteiger partial charge is 0.132 e. The fourth-order valence-electron chi connectivity index (χ4n) is 12.7. The van der Waals surface area contributed by atoms with Crippen molar-refractivity contribution in [2.45, 2.75) is 5.41 Å². The minimum Gasteiger partial charge on any atom is -0.457 e. The average molecular weight is 969 g/mol. The zero-order chi connectivity index (χ0) is 50.2. The summed E-state index contributed by atoms with van der Waals surface area (Å²) >= 11 is 0. The molecule has 0 unspecified atom stereocenters. The van der Waals surface area contributed by atoms with Crippen LogP contribution in [0.15, 0.2) is 291 Å². The largest absolute Gasteiger partial charge is 0.457 e. The second-order valence-corrected chi connectivity index (χ2v) is 19.9. The Morgan fingerprint density at radius 2 is 0.789 bits per heavy atom. The minimum atomic E-state index is -0.627. The van der Waals surface area contributed by atoms with Crippen molar-refractivity contribution in [3.05, 3.63) is 313 Å². The molecule has 3 nitrogen and oxygen atoms in total. The first-order valence-electron chi connectivity index (χ1n) is 26.2. The monoisotopic (exact) mass is 968 g/mol. The Balaban J connectivity index is 0.939. The molecule has 0 amide bonds. The van der Waals surface area contributed by atoms with E-state index in [2.05, 4.69) is 301 Å². The van der Waals surface area contributed by atoms with Crippen LogP contribution in [0.2, 0.25) is 0 Å². The summed E-state index contributed by atoms with van der Waals surface area (Å²) in [6.07, 6.45) is 0. The van der Waals surface area contributed by atoms with E-state index >= 15 is 0 Å². The van der Waals surface area contributed by atoms with Crippen molar-refractivity contribution in [2.24, 2.45) is 0 Å². The van der Waals surface area contributed by atoms with Crippen LogP contribution in [-0.2, 0) is 5.41 Å². The third-order valence-electron chi connectivity index (χ3n) is 15.9. The number of hydrogen-bond donors (Lipinski definition) is 0. The highest BCUT2D eigenvalue weighted by atomic mass is 16.5. The van der Waals surface area contributed by atoms with Gasteiger partial charge in [-0.25, -0.2) is 0 Å². The predicted molar refractivity (Wildman–Crippen MR) is 315 cm³/mol. The molecule has 0 saturated heterocycles. The molecular weight excluding hydrogens is 921 g/mol. The van der Waals surface area contributed by atoms with Gasteiger partial charge in [0.1, 0.15) is 11.5 Å². The Kier molecular flexibility index (Phi) is 10.1. The summed E-state index contributed by atoms with van der Waals surface area (Å²) in [6, 6.07) is 106. The van der Waals surface area contributed by atoms with E-state index in [0.29, 0.717) is 0 Å². The lowest BCUT2D eigenvalue weighted by Gasteiger charge is -2.39. The van der Waals surface area contributed by atoms with E-state index in [9.17, 15) is 0 Å². The molecule has 356 valence electrons. The summed E-state index contributed by atoms with van der Waals surface area (Å²) in [5, 5.41) is 2.47. The molecule has 1 aromatic heterocycles. The van der Waals surface area contributed by atoms with Crippen molar-refractivity contribution in [3.63, 3.8) is 0 Å². The number of benzene rings is 12. The molecule has 0 N–H and O–H groups in total. The van der Waals surface area contributed by atoms with Crippen LogP contribution < -0.4 is 9.64 Å². The van der Waals surface area contributed by atoms with Crippen LogP contribution in [0.3, 0.4) is 0 Å². The number of para-hydroxylation sites is 5. The molecule has 0 fully saturated rings. The lowest BCUT2D eigenvalue weighted by molar-refractivity contribution is 0.436. The number of aromatic nitrogens is 1. The predicted octanol–water partition coefficient (Wildman–Crippen LogP) is 19.4. The molecule has 15 rings (SSSR count). The topological polar surface area (TPSA) is 17.4 Å². The summed E-state index contributed by atoms with van der Waals surface area (Å²) in [7, 11) is 0. The van der Waals surface area contributed by atoms with Crippen LogP contribution in [0.25, 0.3) is 83.1 Å². The molecule has 2 heterocycles. The Bertz CT molecular complexity index is 4330. The van der Waals surface area contributed by atoms with Crippen molar-refractivity contribution in [1.82, 2.24) is 4.57 Å². The van der Waals surface area contributed by atoms with Gasteiger partial charge in [0.15, 0.2) is 0 Å². The first-order valence-corrected chi connectivity index (χ1v) is 26.2. The van der Waals surface area contributed by atoms with Crippen molar-refractivity contribution in [1.29, 1.82) is 0 Å². The van der Waals surface area contributed by atoms with Gasteiger partial charge in [0.05, 0.1) is 22.1 Å². The standard InChI is InChI=1S/C73H48N2O/c1-3-21-50(22-4-1)55-25-7-8-26-56(55)57-27-9-10-28-58(57)61-30-12-17-35-68(61)74(53-42-39-49(40-43-53)51-41-46-70-63(47-51)62-31-13-18-36-69(62)75(70)52-23-5-2-6-24-52)54-44-45-60-59-29-11-14-32-64(59)73(67(60)48-54)65-33-15-19-37-71(65)76-72-38-20-16-34-66(72)73/h1-48H. The lowest BCUT2D eigenvalue weighted by Crippen LogP contribution is -2.32. The molecule has 12 aromatic carbocycles. The van der Waals surface area contributed by atoms with Gasteiger partial charge < -0.3 is 14.2 Å². The molecular formula is C73H48N2O. The second kappa shape index (κ2) is 17.6. The molecule has 3 heteroatoms. The van der Waals surface area contributed by atoms with Crippen LogP contribution in [0.5, 0.6) is 11.5 Å². The zero-order valence-electron chi connectivity index (χ0n) is 41.5. The molecule has 0 saturated carbocycles. The third-order valence-corrected chi connectivity index (χ3v) is 15.9. The molecule has 1 aliphatic heterocycles. The van der Waals surface area contributed by atoms with E-state index in [-0.39, 0.29) is 0 Å². The first-order chi connectivity index (χ1) is 37.7. The normalized spacial score (nSPS) is 12.7. The molecule has 0 atom stereocenters. The van der Waals surface area contributed by atoms with Gasteiger partial charge in [-0.3, -0.25) is 0 Å². The zero-order valence-corrected chi connectivity index (χ0v) is 41.5. The number of anilines is 3. The quantitative estimate of drug-likeness (QED) is 0.151. The van der Waals surface area contributed by atoms with Gasteiger partial charge in [0.25, 0.3) is 0 Å². The van der Waals surface area contributed by atoms with Crippen molar-refractivity contribution >= 4 is 38.9 Å². The number of hydrogen-bond acceptors (Lipinski definition) is 2. The van der Waals surface area contributed by atoms with Crippen LogP contribution >= 0.6 is 0 Å². The summed E-state index contributed by atoms with van der Waals surface area (Å²) in [6.45, 7) is 0. The summed E-state index contributed by atoms with van der Waals surface area (Å²) < 4.78 is 9.14. The van der Waals surface area contributed by atoms with Gasteiger partial charge in [-0.2, -0.15) is 0 Å². The van der Waals surface area contributed by atoms with Gasteiger partial charge in [-0.05, 0) is 134 Å². The fourth-order valence-corrected chi connectivity index (χ4v) is 12.7. The first kappa shape index (κ1) is 43.6. The van der Waals surface area contributed by atoms with Crippen LogP contribution in [0.1, 0.15) is 22.3 Å². The number of fused-ring (bicyclic) bond motifs is 12. The van der Waals surface area contributed by atoms with Crippen molar-refractivity contribution in [3.8, 4) is 72.8 Å². The molecule has 2 aliphatic rings. The van der Waals surface area contributed by atoms with E-state index in [1.54, 1.807) is 0 Å². The maximum atomic E-state index is 6.76. The summed E-state index contributed by atoms with van der Waals surface area (Å²) in [5.74, 6) is 1.75. The van der Waals surface area contributed by atoms with Gasteiger partial charge >= 0.3 is 0 Å². The van der Waals surface area contributed by atoms with Crippen LogP contribution in [-0.4, -0.2) is 4.57 Å². The van der Waals surface area contributed by atoms with Gasteiger partial charge in [0, 0.05) is 44.5 Å². The Hall–Kier alpha value is -9.96. The average Bonchev–Trinajstić information content (AvgIpc) is 4.21. The summed E-state index contributed by atoms with van der Waals surface area (Å²) in [5.41, 5.74) is 22.7. The summed E-state index contributed by atoms with van der Waals surface area (Å²) in [4.78, 5) is 2.48. The Morgan fingerprint density at radius 1 is 0.289 bits per heavy atom. The van der Waals surface area contributed by atoms with Gasteiger partial charge in [0.2, 0.25) is 0 Å². The van der Waals surface area contributed by atoms with Gasteiger partial charge in [-0.1, -0.05) is 218 Å². The second-order valence-electron chi connectivity index (χ2n) is 19.9. The number of ether oxygens (including phenoxy) is 1. The highest BCUT2D eigenvalue weighted by Crippen LogP contribution is 2.63.